The summed E-state index contributed by atoms with van der Waals surface area (Å²) < 4.78 is 10.6. The Hall–Kier alpha value is -1.58. The molecule has 0 bridgehead atoms. The van der Waals surface area contributed by atoms with Crippen molar-refractivity contribution in [2.45, 2.75) is 89.3 Å². The van der Waals surface area contributed by atoms with Gasteiger partial charge in [0, 0.05) is 41.1 Å². The molecule has 1 saturated heterocycles. The van der Waals surface area contributed by atoms with E-state index in [0.717, 1.165) is 44.8 Å². The van der Waals surface area contributed by atoms with Crippen LogP contribution in [0.5, 0.6) is 0 Å². The standard InChI is InChI=1S/C27H46N4OSi2/c1-20(34(6,7)8)24-16-22(17-25(26(24)28)27(3,4)21(2)33)31-12-10-23(18-31)32-15-9-11-30-14-13-29(5)19-30/h13-14,16-17,19-21,23H,9-12,15,18,28H2,1-8H3/q+1. The number of anilines is 2. The molecule has 3 atom stereocenters. The van der Waals surface area contributed by atoms with Gasteiger partial charge in [0.05, 0.1) is 34.4 Å². The molecule has 1 aromatic heterocycles. The molecule has 1 aliphatic rings. The highest BCUT2D eigenvalue weighted by Crippen LogP contribution is 2.44. The van der Waals surface area contributed by atoms with Crippen molar-refractivity contribution < 1.29 is 9.30 Å². The molecule has 2 N–H and O–H groups in total. The predicted octanol–water partition coefficient (Wildman–Crippen LogP) is 4.82. The number of aromatic nitrogens is 2. The van der Waals surface area contributed by atoms with E-state index in [-0.39, 0.29) is 5.41 Å². The normalized spacial score (nSPS) is 19.0. The molecule has 0 aliphatic carbocycles. The van der Waals surface area contributed by atoms with Crippen molar-refractivity contribution in [3.8, 4) is 0 Å². The molecule has 3 radical (unpaired) electrons. The molecule has 34 heavy (non-hydrogen) atoms. The fourth-order valence-corrected chi connectivity index (χ4v) is 5.99. The van der Waals surface area contributed by atoms with Crippen LogP contribution in [0.3, 0.4) is 0 Å². The van der Waals surface area contributed by atoms with Crippen LogP contribution < -0.4 is 15.2 Å². The summed E-state index contributed by atoms with van der Waals surface area (Å²) in [6.45, 7) is 20.3. The fourth-order valence-electron chi connectivity index (χ4n) is 4.66. The van der Waals surface area contributed by atoms with Gasteiger partial charge in [-0.3, -0.25) is 0 Å². The van der Waals surface area contributed by atoms with Crippen LogP contribution >= 0.6 is 0 Å². The van der Waals surface area contributed by atoms with E-state index in [1.54, 1.807) is 0 Å². The minimum atomic E-state index is -1.41. The van der Waals surface area contributed by atoms with Gasteiger partial charge in [-0.15, -0.1) is 0 Å². The molecule has 187 valence electrons. The van der Waals surface area contributed by atoms with E-state index in [1.165, 1.54) is 16.8 Å². The van der Waals surface area contributed by atoms with Crippen LogP contribution in [0.4, 0.5) is 11.4 Å². The van der Waals surface area contributed by atoms with Gasteiger partial charge in [-0.05, 0) is 46.2 Å². The third-order valence-electron chi connectivity index (χ3n) is 7.99. The number of ether oxygens (including phenoxy) is 1. The van der Waals surface area contributed by atoms with Crippen molar-refractivity contribution in [1.29, 1.82) is 0 Å². The summed E-state index contributed by atoms with van der Waals surface area (Å²) in [4.78, 5) is 2.51. The van der Waals surface area contributed by atoms with Crippen LogP contribution in [0.2, 0.25) is 25.2 Å². The second-order valence-corrected chi connectivity index (χ2v) is 18.4. The van der Waals surface area contributed by atoms with Gasteiger partial charge in [0.25, 0.3) is 0 Å². The van der Waals surface area contributed by atoms with E-state index >= 15 is 0 Å². The first-order valence-corrected chi connectivity index (χ1v) is 17.0. The zero-order valence-corrected chi connectivity index (χ0v) is 24.7. The van der Waals surface area contributed by atoms with Crippen LogP contribution in [0.15, 0.2) is 30.9 Å². The Bertz CT molecular complexity index is 964. The van der Waals surface area contributed by atoms with Crippen molar-refractivity contribution in [3.05, 3.63) is 42.0 Å². The third kappa shape index (κ3) is 6.15. The Morgan fingerprint density at radius 3 is 2.56 bits per heavy atom. The van der Waals surface area contributed by atoms with Crippen LogP contribution in [0.25, 0.3) is 0 Å². The lowest BCUT2D eigenvalue weighted by Crippen LogP contribution is -2.32. The van der Waals surface area contributed by atoms with Gasteiger partial charge in [0.2, 0.25) is 6.33 Å². The van der Waals surface area contributed by atoms with E-state index < -0.39 is 8.07 Å². The van der Waals surface area contributed by atoms with Gasteiger partial charge in [-0.1, -0.05) is 47.3 Å². The summed E-state index contributed by atoms with van der Waals surface area (Å²) in [5.74, 6) is 0. The van der Waals surface area contributed by atoms with E-state index in [9.17, 15) is 0 Å². The first-order chi connectivity index (χ1) is 15.8. The van der Waals surface area contributed by atoms with Crippen LogP contribution in [-0.2, 0) is 23.7 Å². The Labute approximate surface area is 212 Å². The number of nitrogens with two attached hydrogens (primary N) is 1. The Morgan fingerprint density at radius 1 is 1.26 bits per heavy atom. The quantitative estimate of drug-likeness (QED) is 0.221. The number of rotatable bonds is 10. The number of imidazole rings is 1. The topological polar surface area (TPSA) is 47.3 Å². The smallest absolute Gasteiger partial charge is 0.243 e. The first-order valence-electron chi connectivity index (χ1n) is 12.8. The molecular weight excluding hydrogens is 452 g/mol. The maximum atomic E-state index is 6.88. The molecule has 5 nitrogen and oxygen atoms in total. The van der Waals surface area contributed by atoms with Gasteiger partial charge in [-0.2, -0.15) is 0 Å². The van der Waals surface area contributed by atoms with Gasteiger partial charge < -0.3 is 15.4 Å². The molecule has 0 spiro atoms. The van der Waals surface area contributed by atoms with Gasteiger partial charge >= 0.3 is 0 Å². The molecule has 0 saturated carbocycles. The molecule has 2 aromatic rings. The summed E-state index contributed by atoms with van der Waals surface area (Å²) in [7, 11) is 4.56. The molecule has 0 amide bonds. The largest absolute Gasteiger partial charge is 0.398 e. The average Bonchev–Trinajstić information content (AvgIpc) is 3.39. The van der Waals surface area contributed by atoms with Crippen molar-refractivity contribution in [1.82, 2.24) is 4.57 Å². The summed E-state index contributed by atoms with van der Waals surface area (Å²) >= 11 is 0. The monoisotopic (exact) mass is 498 g/mol. The van der Waals surface area contributed by atoms with Crippen molar-refractivity contribution in [2.75, 3.05) is 30.3 Å². The summed E-state index contributed by atoms with van der Waals surface area (Å²) in [5.41, 5.74) is 12.5. The number of aryl methyl sites for hydroxylation is 2. The summed E-state index contributed by atoms with van der Waals surface area (Å²) in [6, 6.07) is 4.73. The highest BCUT2D eigenvalue weighted by Gasteiger charge is 2.33. The maximum Gasteiger partial charge on any atom is 0.243 e. The lowest BCUT2D eigenvalue weighted by molar-refractivity contribution is -0.671. The van der Waals surface area contributed by atoms with Crippen molar-refractivity contribution in [3.63, 3.8) is 0 Å². The van der Waals surface area contributed by atoms with Gasteiger partial charge in [0.15, 0.2) is 0 Å². The molecule has 3 rings (SSSR count). The van der Waals surface area contributed by atoms with E-state index in [2.05, 4.69) is 110 Å². The van der Waals surface area contributed by atoms with Gasteiger partial charge in [-0.25, -0.2) is 9.13 Å². The van der Waals surface area contributed by atoms with E-state index in [4.69, 9.17) is 10.5 Å². The number of hydrogen-bond acceptors (Lipinski definition) is 3. The highest BCUT2D eigenvalue weighted by molar-refractivity contribution is 6.77. The molecule has 7 heteroatoms. The molecule has 1 fully saturated rings. The highest BCUT2D eigenvalue weighted by atomic mass is 28.3. The second kappa shape index (κ2) is 10.6. The number of benzene rings is 1. The average molecular weight is 499 g/mol. The fraction of sp³-hybridized carbons (Fsp3) is 0.667. The number of hydrogen-bond donors (Lipinski definition) is 1. The van der Waals surface area contributed by atoms with E-state index in [1.807, 2.05) is 0 Å². The molecule has 2 heterocycles. The van der Waals surface area contributed by atoms with Crippen LogP contribution in [-0.4, -0.2) is 48.7 Å². The first kappa shape index (κ1) is 27.0. The predicted molar refractivity (Wildman–Crippen MR) is 148 cm³/mol. The van der Waals surface area contributed by atoms with Crippen molar-refractivity contribution >= 4 is 29.7 Å². The number of nitrogens with zero attached hydrogens (tertiary/aromatic N) is 3. The summed E-state index contributed by atoms with van der Waals surface area (Å²) in [5, 5.41) is 0. The molecule has 1 aliphatic heterocycles. The van der Waals surface area contributed by atoms with E-state index in [0.29, 0.717) is 17.2 Å². The zero-order chi connectivity index (χ0) is 25.3. The third-order valence-corrected chi connectivity index (χ3v) is 11.6. The summed E-state index contributed by atoms with van der Waals surface area (Å²) in [6.07, 6.45) is 8.71. The van der Waals surface area contributed by atoms with Gasteiger partial charge in [0.1, 0.15) is 12.4 Å². The Balaban J connectivity index is 1.75. The van der Waals surface area contributed by atoms with Crippen molar-refractivity contribution in [2.24, 2.45) is 7.05 Å². The molecular formula is C27H46N4OSi2+. The Morgan fingerprint density at radius 2 is 1.97 bits per heavy atom. The second-order valence-electron chi connectivity index (χ2n) is 11.9. The van der Waals surface area contributed by atoms with Crippen LogP contribution in [0, 0.1) is 0 Å². The molecule has 3 unspecified atom stereocenters. The minimum Gasteiger partial charge on any atom is -0.398 e. The Kier molecular flexibility index (Phi) is 8.41. The SMILES string of the molecule is CC([Si])C(C)(C)c1cc(N2CCC(OCCCn3cc[n+](C)c3)C2)cc(C(C)[Si](C)(C)C)c1N. The lowest BCUT2D eigenvalue weighted by atomic mass is 9.79. The molecule has 1 aromatic carbocycles. The number of nitrogen functional groups attached to an aromatic ring is 1. The lowest BCUT2D eigenvalue weighted by Gasteiger charge is -2.36. The zero-order valence-electron chi connectivity index (χ0n) is 22.7. The maximum absolute atomic E-state index is 6.88. The van der Waals surface area contributed by atoms with Crippen LogP contribution in [0.1, 0.15) is 57.2 Å². The minimum absolute atomic E-state index is 0.0599.